The second-order valence-corrected chi connectivity index (χ2v) is 7.08. The number of carbonyl (C=O) groups is 1. The molecule has 1 aromatic rings. The van der Waals surface area contributed by atoms with Crippen molar-refractivity contribution in [2.45, 2.75) is 51.5 Å². The molecule has 2 aliphatic rings. The van der Waals surface area contributed by atoms with Crippen molar-refractivity contribution in [3.63, 3.8) is 0 Å². The van der Waals surface area contributed by atoms with Crippen LogP contribution in [0.3, 0.4) is 0 Å². The summed E-state index contributed by atoms with van der Waals surface area (Å²) in [6.07, 6.45) is 9.82. The SMILES string of the molecule is Cl.Cl.O=C(CCC1CCNCC1)NCc1ccc(N2CCCCC2)nc1. The van der Waals surface area contributed by atoms with Gasteiger partial charge >= 0.3 is 0 Å². The Morgan fingerprint density at radius 1 is 1.15 bits per heavy atom. The van der Waals surface area contributed by atoms with Crippen molar-refractivity contribution in [1.82, 2.24) is 15.6 Å². The molecule has 2 fully saturated rings. The van der Waals surface area contributed by atoms with Crippen molar-refractivity contribution in [2.24, 2.45) is 5.92 Å². The number of nitrogens with one attached hydrogen (secondary N) is 2. The van der Waals surface area contributed by atoms with Crippen molar-refractivity contribution < 1.29 is 4.79 Å². The number of hydrogen-bond acceptors (Lipinski definition) is 4. The lowest BCUT2D eigenvalue weighted by Crippen LogP contribution is -2.30. The summed E-state index contributed by atoms with van der Waals surface area (Å²) in [5, 5.41) is 6.40. The van der Waals surface area contributed by atoms with Gasteiger partial charge in [-0.1, -0.05) is 6.07 Å². The standard InChI is InChI=1S/C19H30N4O.2ClH/c24-19(7-5-16-8-10-20-11-9-16)22-15-17-4-6-18(21-14-17)23-12-2-1-3-13-23;;/h4,6,14,16,20H,1-3,5,7-13,15H2,(H,22,24);2*1H. The van der Waals surface area contributed by atoms with Crippen molar-refractivity contribution in [3.05, 3.63) is 23.9 Å². The minimum atomic E-state index is 0. The van der Waals surface area contributed by atoms with Crippen LogP contribution < -0.4 is 15.5 Å². The molecule has 26 heavy (non-hydrogen) atoms. The van der Waals surface area contributed by atoms with E-state index in [1.54, 1.807) is 0 Å². The van der Waals surface area contributed by atoms with Crippen LogP contribution in [0.2, 0.25) is 0 Å². The summed E-state index contributed by atoms with van der Waals surface area (Å²) in [4.78, 5) is 18.9. The number of pyridine rings is 1. The van der Waals surface area contributed by atoms with Gasteiger partial charge in [0.15, 0.2) is 0 Å². The van der Waals surface area contributed by atoms with Crippen molar-refractivity contribution in [3.8, 4) is 0 Å². The number of hydrogen-bond donors (Lipinski definition) is 2. The van der Waals surface area contributed by atoms with E-state index in [4.69, 9.17) is 0 Å². The van der Waals surface area contributed by atoms with E-state index in [2.05, 4.69) is 32.7 Å². The molecule has 2 saturated heterocycles. The van der Waals surface area contributed by atoms with Crippen molar-refractivity contribution in [2.75, 3.05) is 31.1 Å². The minimum absolute atomic E-state index is 0. The summed E-state index contributed by atoms with van der Waals surface area (Å²) in [6, 6.07) is 4.17. The molecular weight excluding hydrogens is 371 g/mol. The number of halogens is 2. The quantitative estimate of drug-likeness (QED) is 0.765. The molecule has 3 rings (SSSR count). The third kappa shape index (κ3) is 7.29. The average molecular weight is 403 g/mol. The molecule has 1 amide bonds. The molecular formula is C19H32Cl2N4O. The number of carbonyl (C=O) groups excluding carboxylic acids is 1. The van der Waals surface area contributed by atoms with Gasteiger partial charge in [-0.25, -0.2) is 4.98 Å². The molecule has 0 atom stereocenters. The van der Waals surface area contributed by atoms with Gasteiger partial charge < -0.3 is 15.5 Å². The van der Waals surface area contributed by atoms with E-state index in [0.29, 0.717) is 18.9 Å². The van der Waals surface area contributed by atoms with Gasteiger partial charge in [0.1, 0.15) is 5.82 Å². The number of rotatable bonds is 6. The molecule has 0 unspecified atom stereocenters. The van der Waals surface area contributed by atoms with Gasteiger partial charge in [-0.05, 0) is 69.2 Å². The van der Waals surface area contributed by atoms with Gasteiger partial charge in [0.2, 0.25) is 5.91 Å². The number of piperidine rings is 2. The van der Waals surface area contributed by atoms with Crippen molar-refractivity contribution >= 4 is 36.5 Å². The molecule has 2 aliphatic heterocycles. The van der Waals surface area contributed by atoms with Crippen LogP contribution in [0.5, 0.6) is 0 Å². The number of nitrogens with zero attached hydrogens (tertiary/aromatic N) is 2. The maximum absolute atomic E-state index is 12.0. The predicted molar refractivity (Wildman–Crippen MR) is 111 cm³/mol. The van der Waals surface area contributed by atoms with Crippen LogP contribution in [0.4, 0.5) is 5.82 Å². The van der Waals surface area contributed by atoms with E-state index in [1.807, 2.05) is 6.20 Å². The summed E-state index contributed by atoms with van der Waals surface area (Å²) in [7, 11) is 0. The first kappa shape index (κ1) is 23.0. The normalized spacial score (nSPS) is 17.8. The topological polar surface area (TPSA) is 57.3 Å². The monoisotopic (exact) mass is 402 g/mol. The van der Waals surface area contributed by atoms with Gasteiger partial charge in [-0.2, -0.15) is 0 Å². The lowest BCUT2D eigenvalue weighted by atomic mass is 9.93. The molecule has 148 valence electrons. The fraction of sp³-hybridized carbons (Fsp3) is 0.684. The highest BCUT2D eigenvalue weighted by Gasteiger charge is 2.15. The summed E-state index contributed by atoms with van der Waals surface area (Å²) in [6.45, 7) is 5.00. The molecule has 3 heterocycles. The van der Waals surface area contributed by atoms with E-state index >= 15 is 0 Å². The predicted octanol–water partition coefficient (Wildman–Crippen LogP) is 3.31. The fourth-order valence-electron chi connectivity index (χ4n) is 3.63. The Hall–Kier alpha value is -1.04. The average Bonchev–Trinajstić information content (AvgIpc) is 2.67. The molecule has 1 aromatic heterocycles. The van der Waals surface area contributed by atoms with E-state index in [0.717, 1.165) is 44.0 Å². The van der Waals surface area contributed by atoms with Crippen LogP contribution in [-0.2, 0) is 11.3 Å². The molecule has 0 spiro atoms. The first-order valence-corrected chi connectivity index (χ1v) is 9.48. The van der Waals surface area contributed by atoms with E-state index in [-0.39, 0.29) is 30.7 Å². The Bertz CT molecular complexity index is 515. The van der Waals surface area contributed by atoms with Crippen LogP contribution in [0.15, 0.2) is 18.3 Å². The Balaban J connectivity index is 0.00000169. The lowest BCUT2D eigenvalue weighted by Gasteiger charge is -2.27. The van der Waals surface area contributed by atoms with E-state index in [9.17, 15) is 4.79 Å². The number of amides is 1. The zero-order valence-corrected chi connectivity index (χ0v) is 17.0. The third-order valence-corrected chi connectivity index (χ3v) is 5.22. The van der Waals surface area contributed by atoms with Crippen LogP contribution in [-0.4, -0.2) is 37.1 Å². The molecule has 5 nitrogen and oxygen atoms in total. The van der Waals surface area contributed by atoms with Crippen molar-refractivity contribution in [1.29, 1.82) is 0 Å². The molecule has 2 N–H and O–H groups in total. The van der Waals surface area contributed by atoms with Crippen LogP contribution in [0, 0.1) is 5.92 Å². The molecule has 0 bridgehead atoms. The van der Waals surface area contributed by atoms with Crippen LogP contribution in [0.25, 0.3) is 0 Å². The van der Waals surface area contributed by atoms with Gasteiger partial charge in [0, 0.05) is 32.3 Å². The number of aromatic nitrogens is 1. The summed E-state index contributed by atoms with van der Waals surface area (Å²) >= 11 is 0. The third-order valence-electron chi connectivity index (χ3n) is 5.22. The second-order valence-electron chi connectivity index (χ2n) is 7.08. The highest BCUT2D eigenvalue weighted by molar-refractivity contribution is 5.85. The maximum atomic E-state index is 12.0. The zero-order chi connectivity index (χ0) is 16.6. The molecule has 0 aromatic carbocycles. The second kappa shape index (κ2) is 12.4. The molecule has 0 aliphatic carbocycles. The Morgan fingerprint density at radius 2 is 1.88 bits per heavy atom. The highest BCUT2D eigenvalue weighted by atomic mass is 35.5. The molecule has 7 heteroatoms. The lowest BCUT2D eigenvalue weighted by molar-refractivity contribution is -0.121. The number of anilines is 1. The van der Waals surface area contributed by atoms with Gasteiger partial charge in [0.25, 0.3) is 0 Å². The summed E-state index contributed by atoms with van der Waals surface area (Å²) in [5.74, 6) is 1.94. The fourth-order valence-corrected chi connectivity index (χ4v) is 3.63. The van der Waals surface area contributed by atoms with E-state index < -0.39 is 0 Å². The van der Waals surface area contributed by atoms with Gasteiger partial charge in [0.05, 0.1) is 0 Å². The van der Waals surface area contributed by atoms with E-state index in [1.165, 1.54) is 32.1 Å². The molecule has 0 saturated carbocycles. The van der Waals surface area contributed by atoms with Gasteiger partial charge in [-0.3, -0.25) is 4.79 Å². The Labute approximate surface area is 169 Å². The van der Waals surface area contributed by atoms with Crippen LogP contribution >= 0.6 is 24.8 Å². The van der Waals surface area contributed by atoms with Crippen LogP contribution in [0.1, 0.15) is 50.5 Å². The highest BCUT2D eigenvalue weighted by Crippen LogP contribution is 2.18. The largest absolute Gasteiger partial charge is 0.357 e. The van der Waals surface area contributed by atoms with Gasteiger partial charge in [-0.15, -0.1) is 24.8 Å². The summed E-state index contributed by atoms with van der Waals surface area (Å²) < 4.78 is 0. The smallest absolute Gasteiger partial charge is 0.220 e. The first-order valence-electron chi connectivity index (χ1n) is 9.48. The summed E-state index contributed by atoms with van der Waals surface area (Å²) in [5.41, 5.74) is 1.07. The maximum Gasteiger partial charge on any atom is 0.220 e. The Morgan fingerprint density at radius 3 is 2.54 bits per heavy atom. The Kier molecular flexibility index (Phi) is 10.9. The first-order chi connectivity index (χ1) is 11.8. The zero-order valence-electron chi connectivity index (χ0n) is 15.4. The molecule has 0 radical (unpaired) electrons. The minimum Gasteiger partial charge on any atom is -0.357 e.